The average Bonchev–Trinajstić information content (AvgIpc) is 0.811. The van der Waals surface area contributed by atoms with Crippen LogP contribution in [-0.2, 0) is 0 Å². The Morgan fingerprint density at radius 1 is 1.33 bits per heavy atom. The van der Waals surface area contributed by atoms with Crippen LogP contribution in [0.2, 0.25) is 0 Å². The van der Waals surface area contributed by atoms with Crippen molar-refractivity contribution >= 4 is 0 Å². The van der Waals surface area contributed by atoms with E-state index in [0.717, 1.165) is 0 Å². The van der Waals surface area contributed by atoms with Crippen LogP contribution in [0.4, 0.5) is 0 Å². The van der Waals surface area contributed by atoms with Crippen molar-refractivity contribution in [1.82, 2.24) is 0 Å². The maximum absolute atomic E-state index is 8.25. The number of nitrogens with zero attached hydrogens (tertiary/aromatic N) is 1. The van der Waals surface area contributed by atoms with Crippen LogP contribution in [0.3, 0.4) is 0 Å². The van der Waals surface area contributed by atoms with Crippen LogP contribution in [0.1, 0.15) is 0 Å². The van der Waals surface area contributed by atoms with Crippen LogP contribution in [0.25, 0.3) is 0 Å². The van der Waals surface area contributed by atoms with Gasteiger partial charge in [-0.3, -0.25) is 0 Å². The van der Waals surface area contributed by atoms with Crippen LogP contribution < -0.4 is 0 Å². The standard InChI is InChI=1S/NO3.H2O.Tb/c2-1(3)4;;/h;1H2;/q-1;;+3. The molecule has 0 radical (unpaired) electrons. The second kappa shape index (κ2) is 9.07. The van der Waals surface area contributed by atoms with E-state index in [1.54, 1.807) is 0 Å². The van der Waals surface area contributed by atoms with E-state index in [0.29, 0.717) is 0 Å². The summed E-state index contributed by atoms with van der Waals surface area (Å²) < 4.78 is 0. The molecule has 6 heavy (non-hydrogen) atoms. The molecule has 2 N–H and O–H groups in total. The molecule has 5 nitrogen and oxygen atoms in total. The summed E-state index contributed by atoms with van der Waals surface area (Å²) in [6.45, 7) is 0. The van der Waals surface area contributed by atoms with E-state index in [1.807, 2.05) is 0 Å². The third-order valence-corrected chi connectivity index (χ3v) is 0. The third-order valence-electron chi connectivity index (χ3n) is 0. The second-order valence-corrected chi connectivity index (χ2v) is 0.224. The largest absolute Gasteiger partial charge is 3.00 e. The zero-order valence-corrected chi connectivity index (χ0v) is 4.64. The number of hydrogen-bond acceptors (Lipinski definition) is 3. The Morgan fingerprint density at radius 3 is 1.33 bits per heavy atom. The van der Waals surface area contributed by atoms with E-state index < -0.39 is 5.09 Å². The average molecular weight is 239 g/mol. The van der Waals surface area contributed by atoms with Gasteiger partial charge in [0, 0.05) is 0 Å². The van der Waals surface area contributed by atoms with Crippen molar-refractivity contribution in [3.8, 4) is 0 Å². The van der Waals surface area contributed by atoms with Gasteiger partial charge in [0.05, 0.1) is 5.09 Å². The van der Waals surface area contributed by atoms with Crippen LogP contribution in [0.15, 0.2) is 0 Å². The summed E-state index contributed by atoms with van der Waals surface area (Å²) >= 11 is 0. The van der Waals surface area contributed by atoms with E-state index in [-0.39, 0.29) is 44.1 Å². The van der Waals surface area contributed by atoms with Crippen LogP contribution >= 0.6 is 0 Å². The van der Waals surface area contributed by atoms with Gasteiger partial charge in [0.15, 0.2) is 0 Å². The molecule has 0 spiro atoms. The van der Waals surface area contributed by atoms with Gasteiger partial charge in [-0.1, -0.05) is 0 Å². The fourth-order valence-electron chi connectivity index (χ4n) is 0. The summed E-state index contributed by atoms with van der Waals surface area (Å²) in [7, 11) is 0. The number of hydrogen-bond donors (Lipinski definition) is 0. The fourth-order valence-corrected chi connectivity index (χ4v) is 0. The first-order chi connectivity index (χ1) is 1.73. The predicted molar refractivity (Wildman–Crippen MR) is 14.0 cm³/mol. The first kappa shape index (κ1) is 16.1. The fraction of sp³-hybridized carbons (Fsp3) is 0. The van der Waals surface area contributed by atoms with Gasteiger partial charge in [-0.2, -0.15) is 0 Å². The van der Waals surface area contributed by atoms with Crippen molar-refractivity contribution in [1.29, 1.82) is 0 Å². The molecule has 0 saturated heterocycles. The summed E-state index contributed by atoms with van der Waals surface area (Å²) in [6, 6.07) is 0. The van der Waals surface area contributed by atoms with Gasteiger partial charge in [0.25, 0.3) is 0 Å². The van der Waals surface area contributed by atoms with Gasteiger partial charge in [0.1, 0.15) is 0 Å². The third kappa shape index (κ3) is 266. The Bertz CT molecular complexity index is 30.5. The molecule has 0 aliphatic carbocycles. The van der Waals surface area contributed by atoms with Gasteiger partial charge in [-0.15, -0.1) is 0 Å². The molecule has 0 heterocycles. The molecule has 0 fully saturated rings. The summed E-state index contributed by atoms with van der Waals surface area (Å²) in [5.74, 6) is 0. The summed E-state index contributed by atoms with van der Waals surface area (Å²) in [6.07, 6.45) is 0. The molecule has 0 amide bonds. The summed E-state index contributed by atoms with van der Waals surface area (Å²) in [5.41, 5.74) is 0. The molecule has 0 bridgehead atoms. The molecule has 0 aromatic heterocycles. The Kier molecular flexibility index (Phi) is 24.3. The Hall–Kier alpha value is 0.446. The molecule has 0 unspecified atom stereocenters. The monoisotopic (exact) mass is 239 g/mol. The first-order valence-corrected chi connectivity index (χ1v) is 0.548. The van der Waals surface area contributed by atoms with E-state index >= 15 is 0 Å². The van der Waals surface area contributed by atoms with Crippen molar-refractivity contribution < 1.29 is 49.2 Å². The van der Waals surface area contributed by atoms with E-state index in [1.165, 1.54) is 0 Å². The normalized spacial score (nSPS) is 4.00. The summed E-state index contributed by atoms with van der Waals surface area (Å²) in [4.78, 5) is 8.25. The SMILES string of the molecule is O.O=[N+]([O-])[O-].[Tb+3]. The molecule has 0 aromatic rings. The molecule has 38 valence electrons. The van der Waals surface area contributed by atoms with Gasteiger partial charge in [0.2, 0.25) is 0 Å². The Labute approximate surface area is 64.2 Å². The summed E-state index contributed by atoms with van der Waals surface area (Å²) in [5, 5.41) is 14.8. The topological polar surface area (TPSA) is 97.7 Å². The smallest absolute Gasteiger partial charge is 0.412 e. The maximum Gasteiger partial charge on any atom is 3.00 e. The second-order valence-electron chi connectivity index (χ2n) is 0.224. The molecule has 0 aliphatic heterocycles. The first-order valence-electron chi connectivity index (χ1n) is 0.548. The minimum atomic E-state index is -1.75. The maximum atomic E-state index is 8.25. The van der Waals surface area contributed by atoms with Crippen LogP contribution in [0, 0.1) is 53.9 Å². The van der Waals surface area contributed by atoms with Crippen molar-refractivity contribution in [2.45, 2.75) is 0 Å². The van der Waals surface area contributed by atoms with Crippen molar-refractivity contribution in [3.63, 3.8) is 0 Å². The minimum Gasteiger partial charge on any atom is -0.412 e. The van der Waals surface area contributed by atoms with Crippen molar-refractivity contribution in [3.05, 3.63) is 15.3 Å². The van der Waals surface area contributed by atoms with Gasteiger partial charge >= 0.3 is 38.6 Å². The molecular weight excluding hydrogens is 237 g/mol. The Balaban J connectivity index is -0.0000000450. The van der Waals surface area contributed by atoms with Crippen molar-refractivity contribution in [2.75, 3.05) is 0 Å². The van der Waals surface area contributed by atoms with Crippen molar-refractivity contribution in [2.24, 2.45) is 0 Å². The molecular formula is H2NO4Tb+2. The molecule has 0 saturated carbocycles. The van der Waals surface area contributed by atoms with Gasteiger partial charge in [-0.05, 0) is 0 Å². The molecule has 0 atom stereocenters. The molecule has 0 aliphatic rings. The zero-order chi connectivity index (χ0) is 3.58. The van der Waals surface area contributed by atoms with E-state index in [4.69, 9.17) is 15.3 Å². The van der Waals surface area contributed by atoms with E-state index in [9.17, 15) is 0 Å². The molecule has 0 aromatic carbocycles. The van der Waals surface area contributed by atoms with Gasteiger partial charge in [-0.25, -0.2) is 0 Å². The predicted octanol–water partition coefficient (Wildman–Crippen LogP) is -1.06. The van der Waals surface area contributed by atoms with E-state index in [2.05, 4.69) is 0 Å². The molecule has 6 heteroatoms. The Morgan fingerprint density at radius 2 is 1.33 bits per heavy atom. The van der Waals surface area contributed by atoms with Gasteiger partial charge < -0.3 is 20.8 Å². The van der Waals surface area contributed by atoms with Crippen LogP contribution in [-0.4, -0.2) is 10.6 Å². The van der Waals surface area contributed by atoms with Crippen LogP contribution in [0.5, 0.6) is 0 Å². The molecule has 0 rings (SSSR count). The number of rotatable bonds is 0. The minimum absolute atomic E-state index is 0. The quantitative estimate of drug-likeness (QED) is 0.397. The zero-order valence-electron chi connectivity index (χ0n) is 2.51.